The molecule has 0 aliphatic carbocycles. The monoisotopic (exact) mass is 419 g/mol. The molecule has 1 aromatic heterocycles. The van der Waals surface area contributed by atoms with Gasteiger partial charge in [0.05, 0.1) is 5.69 Å². The number of phenols is 1. The predicted octanol–water partition coefficient (Wildman–Crippen LogP) is 7.14. The van der Waals surface area contributed by atoms with E-state index in [4.69, 9.17) is 9.15 Å². The van der Waals surface area contributed by atoms with Crippen molar-refractivity contribution in [1.82, 2.24) is 0 Å². The quantitative estimate of drug-likeness (QED) is 0.298. The molecule has 1 N–H and O–H groups in total. The van der Waals surface area contributed by atoms with Gasteiger partial charge in [0.1, 0.15) is 29.4 Å². The topological polar surface area (TPSA) is 55.0 Å². The number of phenolic OH excluding ortho intramolecular Hbond substituents is 1. The van der Waals surface area contributed by atoms with Gasteiger partial charge < -0.3 is 14.3 Å². The number of aliphatic imine (C=N–C) groups is 1. The fourth-order valence-electron chi connectivity index (χ4n) is 3.54. The van der Waals surface area contributed by atoms with Gasteiger partial charge in [0, 0.05) is 28.8 Å². The number of hydrogen-bond donors (Lipinski definition) is 1. The highest BCUT2D eigenvalue weighted by Crippen LogP contribution is 2.35. The van der Waals surface area contributed by atoms with Gasteiger partial charge in [-0.1, -0.05) is 60.7 Å². The van der Waals surface area contributed by atoms with E-state index in [9.17, 15) is 5.11 Å². The zero-order valence-electron chi connectivity index (χ0n) is 17.3. The third kappa shape index (κ3) is 4.25. The molecule has 4 aromatic carbocycles. The van der Waals surface area contributed by atoms with Crippen molar-refractivity contribution < 1.29 is 14.3 Å². The molecular weight excluding hydrogens is 398 g/mol. The van der Waals surface area contributed by atoms with Crippen LogP contribution >= 0.6 is 0 Å². The first-order valence-corrected chi connectivity index (χ1v) is 10.4. The lowest BCUT2D eigenvalue weighted by molar-refractivity contribution is 0.306. The Morgan fingerprint density at radius 3 is 2.28 bits per heavy atom. The molecule has 0 bridgehead atoms. The largest absolute Gasteiger partial charge is 0.508 e. The maximum atomic E-state index is 9.51. The third-order valence-corrected chi connectivity index (χ3v) is 5.18. The average Bonchev–Trinajstić information content (AvgIpc) is 3.21. The Hall–Kier alpha value is -4.31. The minimum atomic E-state index is 0.214. The Balaban J connectivity index is 1.52. The minimum Gasteiger partial charge on any atom is -0.508 e. The average molecular weight is 419 g/mol. The Morgan fingerprint density at radius 1 is 0.812 bits per heavy atom. The standard InChI is InChI=1S/C28H21NO3/c30-23-13-11-22(12-14-23)29-18-26-25-16-15-24(31-19-20-7-3-1-4-8-20)17-27(25)32-28(26)21-9-5-2-6-10-21/h1-18,30H,19H2. The fraction of sp³-hybridized carbons (Fsp3) is 0.0357. The SMILES string of the molecule is Oc1ccc(N=Cc2c(-c3ccccc3)oc3cc(OCc4ccccc4)ccc23)cc1. The zero-order valence-corrected chi connectivity index (χ0v) is 17.3. The van der Waals surface area contributed by atoms with E-state index in [1.54, 1.807) is 24.3 Å². The first-order valence-electron chi connectivity index (χ1n) is 10.4. The Bertz CT molecular complexity index is 1360. The van der Waals surface area contributed by atoms with Gasteiger partial charge >= 0.3 is 0 Å². The maximum Gasteiger partial charge on any atom is 0.144 e. The van der Waals surface area contributed by atoms with Crippen molar-refractivity contribution in [2.24, 2.45) is 4.99 Å². The summed E-state index contributed by atoms with van der Waals surface area (Å²) >= 11 is 0. The summed E-state index contributed by atoms with van der Waals surface area (Å²) in [6, 6.07) is 32.7. The highest BCUT2D eigenvalue weighted by molar-refractivity contribution is 6.05. The Labute approximate surface area is 186 Å². The number of rotatable bonds is 6. The molecule has 0 aliphatic rings. The van der Waals surface area contributed by atoms with Crippen molar-refractivity contribution in [3.05, 3.63) is 114 Å². The number of hydrogen-bond acceptors (Lipinski definition) is 4. The first-order chi connectivity index (χ1) is 15.8. The lowest BCUT2D eigenvalue weighted by Crippen LogP contribution is -1.94. The number of furan rings is 1. The van der Waals surface area contributed by atoms with Crippen LogP contribution in [-0.4, -0.2) is 11.3 Å². The van der Waals surface area contributed by atoms with Gasteiger partial charge in [0.15, 0.2) is 0 Å². The molecule has 0 atom stereocenters. The lowest BCUT2D eigenvalue weighted by Gasteiger charge is -2.05. The van der Waals surface area contributed by atoms with Gasteiger partial charge in [0.2, 0.25) is 0 Å². The molecule has 0 fully saturated rings. The minimum absolute atomic E-state index is 0.214. The van der Waals surface area contributed by atoms with E-state index in [1.807, 2.05) is 85.1 Å². The van der Waals surface area contributed by atoms with Crippen LogP contribution in [-0.2, 0) is 6.61 Å². The second-order valence-corrected chi connectivity index (χ2v) is 7.42. The van der Waals surface area contributed by atoms with Crippen LogP contribution in [0.3, 0.4) is 0 Å². The fourth-order valence-corrected chi connectivity index (χ4v) is 3.54. The van der Waals surface area contributed by atoms with E-state index in [0.29, 0.717) is 6.61 Å². The molecule has 4 nitrogen and oxygen atoms in total. The summed E-state index contributed by atoms with van der Waals surface area (Å²) in [5.41, 5.74) is 4.47. The molecule has 0 aliphatic heterocycles. The van der Waals surface area contributed by atoms with Crippen LogP contribution in [0, 0.1) is 0 Å². The first kappa shape index (κ1) is 19.6. The van der Waals surface area contributed by atoms with E-state index >= 15 is 0 Å². The normalized spacial score (nSPS) is 11.2. The number of ether oxygens (including phenoxy) is 1. The van der Waals surface area contributed by atoms with Crippen LogP contribution in [0.5, 0.6) is 11.5 Å². The maximum absolute atomic E-state index is 9.51. The van der Waals surface area contributed by atoms with Gasteiger partial charge in [-0.25, -0.2) is 0 Å². The third-order valence-electron chi connectivity index (χ3n) is 5.18. The molecule has 156 valence electrons. The van der Waals surface area contributed by atoms with Gasteiger partial charge in [-0.05, 0) is 42.0 Å². The van der Waals surface area contributed by atoms with Crippen LogP contribution in [0.1, 0.15) is 11.1 Å². The molecule has 0 unspecified atom stereocenters. The van der Waals surface area contributed by atoms with Crippen LogP contribution in [0.25, 0.3) is 22.3 Å². The van der Waals surface area contributed by atoms with Crippen molar-refractivity contribution in [2.45, 2.75) is 6.61 Å². The van der Waals surface area contributed by atoms with Crippen LogP contribution in [0.15, 0.2) is 113 Å². The van der Waals surface area contributed by atoms with Crippen LogP contribution in [0.4, 0.5) is 5.69 Å². The summed E-state index contributed by atoms with van der Waals surface area (Å²) in [5.74, 6) is 1.71. The Morgan fingerprint density at radius 2 is 1.53 bits per heavy atom. The molecule has 4 heteroatoms. The Kier molecular flexibility index (Phi) is 5.41. The molecule has 0 saturated heterocycles. The molecule has 0 amide bonds. The summed E-state index contributed by atoms with van der Waals surface area (Å²) in [5, 5.41) is 10.5. The summed E-state index contributed by atoms with van der Waals surface area (Å²) in [6.07, 6.45) is 1.81. The number of fused-ring (bicyclic) bond motifs is 1. The highest BCUT2D eigenvalue weighted by Gasteiger charge is 2.15. The van der Waals surface area contributed by atoms with Gasteiger partial charge in [-0.3, -0.25) is 4.99 Å². The van der Waals surface area contributed by atoms with Gasteiger partial charge in [-0.2, -0.15) is 0 Å². The number of aromatic hydroxyl groups is 1. The van der Waals surface area contributed by atoms with Crippen molar-refractivity contribution in [3.8, 4) is 22.8 Å². The summed E-state index contributed by atoms with van der Waals surface area (Å²) in [4.78, 5) is 4.60. The van der Waals surface area contributed by atoms with Crippen LogP contribution in [0.2, 0.25) is 0 Å². The summed E-state index contributed by atoms with van der Waals surface area (Å²) in [7, 11) is 0. The van der Waals surface area contributed by atoms with E-state index in [1.165, 1.54) is 0 Å². The molecule has 0 saturated carbocycles. The van der Waals surface area contributed by atoms with E-state index in [-0.39, 0.29) is 5.75 Å². The van der Waals surface area contributed by atoms with Crippen molar-refractivity contribution in [3.63, 3.8) is 0 Å². The molecule has 5 aromatic rings. The molecule has 5 rings (SSSR count). The molecule has 0 spiro atoms. The number of benzene rings is 4. The molecule has 0 radical (unpaired) electrons. The number of nitrogens with zero attached hydrogens (tertiary/aromatic N) is 1. The highest BCUT2D eigenvalue weighted by atomic mass is 16.5. The van der Waals surface area contributed by atoms with Crippen molar-refractivity contribution >= 4 is 22.9 Å². The van der Waals surface area contributed by atoms with E-state index in [2.05, 4.69) is 4.99 Å². The van der Waals surface area contributed by atoms with Crippen LogP contribution < -0.4 is 4.74 Å². The van der Waals surface area contributed by atoms with E-state index in [0.717, 1.165) is 44.9 Å². The second-order valence-electron chi connectivity index (χ2n) is 7.42. The second kappa shape index (κ2) is 8.82. The molecule has 1 heterocycles. The van der Waals surface area contributed by atoms with Gasteiger partial charge in [0.25, 0.3) is 0 Å². The smallest absolute Gasteiger partial charge is 0.144 e. The van der Waals surface area contributed by atoms with E-state index < -0.39 is 0 Å². The lowest BCUT2D eigenvalue weighted by atomic mass is 10.1. The molecular formula is C28H21NO3. The summed E-state index contributed by atoms with van der Waals surface area (Å²) in [6.45, 7) is 0.494. The summed E-state index contributed by atoms with van der Waals surface area (Å²) < 4.78 is 12.3. The zero-order chi connectivity index (χ0) is 21.8. The van der Waals surface area contributed by atoms with Gasteiger partial charge in [-0.15, -0.1) is 0 Å². The molecule has 32 heavy (non-hydrogen) atoms. The van der Waals surface area contributed by atoms with Crippen molar-refractivity contribution in [1.29, 1.82) is 0 Å². The predicted molar refractivity (Wildman–Crippen MR) is 128 cm³/mol. The van der Waals surface area contributed by atoms with Crippen molar-refractivity contribution in [2.75, 3.05) is 0 Å².